The van der Waals surface area contributed by atoms with Crippen molar-refractivity contribution in [3.05, 3.63) is 35.6 Å². The SMILES string of the molecule is CCC1CCCN1c1cc(-c2ccc(C#N)c(F)c2)nc(N)n1. The van der Waals surface area contributed by atoms with E-state index in [0.29, 0.717) is 17.3 Å². The molecule has 118 valence electrons. The van der Waals surface area contributed by atoms with Crippen LogP contribution in [0.15, 0.2) is 24.3 Å². The number of anilines is 2. The van der Waals surface area contributed by atoms with Crippen LogP contribution in [0.5, 0.6) is 0 Å². The normalized spacial score (nSPS) is 17.3. The molecule has 1 aromatic heterocycles. The van der Waals surface area contributed by atoms with Crippen molar-refractivity contribution in [3.63, 3.8) is 0 Å². The maximum absolute atomic E-state index is 13.8. The molecule has 0 bridgehead atoms. The van der Waals surface area contributed by atoms with Crippen molar-refractivity contribution in [2.24, 2.45) is 0 Å². The molecule has 1 aliphatic heterocycles. The van der Waals surface area contributed by atoms with E-state index in [1.807, 2.05) is 12.1 Å². The molecule has 5 nitrogen and oxygen atoms in total. The first-order valence-corrected chi connectivity index (χ1v) is 7.73. The molecule has 3 rings (SSSR count). The van der Waals surface area contributed by atoms with Crippen LogP contribution in [0.3, 0.4) is 0 Å². The Labute approximate surface area is 134 Å². The number of nitrogens with two attached hydrogens (primary N) is 1. The maximum atomic E-state index is 13.8. The van der Waals surface area contributed by atoms with Crippen LogP contribution in [0.25, 0.3) is 11.3 Å². The van der Waals surface area contributed by atoms with Crippen LogP contribution in [0.4, 0.5) is 16.2 Å². The summed E-state index contributed by atoms with van der Waals surface area (Å²) in [6.07, 6.45) is 3.31. The van der Waals surface area contributed by atoms with E-state index in [0.717, 1.165) is 31.6 Å². The summed E-state index contributed by atoms with van der Waals surface area (Å²) in [4.78, 5) is 10.8. The van der Waals surface area contributed by atoms with Gasteiger partial charge in [0.1, 0.15) is 17.7 Å². The zero-order valence-electron chi connectivity index (χ0n) is 13.0. The molecule has 2 N–H and O–H groups in total. The predicted molar refractivity (Wildman–Crippen MR) is 87.2 cm³/mol. The molecule has 1 unspecified atom stereocenters. The van der Waals surface area contributed by atoms with Crippen molar-refractivity contribution in [3.8, 4) is 17.3 Å². The van der Waals surface area contributed by atoms with Gasteiger partial charge in [0, 0.05) is 24.2 Å². The van der Waals surface area contributed by atoms with Crippen LogP contribution in [0, 0.1) is 17.1 Å². The first-order chi connectivity index (χ1) is 11.1. The number of hydrogen-bond donors (Lipinski definition) is 1. The smallest absolute Gasteiger partial charge is 0.222 e. The van der Waals surface area contributed by atoms with Gasteiger partial charge in [-0.05, 0) is 31.4 Å². The summed E-state index contributed by atoms with van der Waals surface area (Å²) in [5.74, 6) is 0.391. The monoisotopic (exact) mass is 311 g/mol. The topological polar surface area (TPSA) is 78.8 Å². The van der Waals surface area contributed by atoms with Crippen molar-refractivity contribution in [1.29, 1.82) is 5.26 Å². The van der Waals surface area contributed by atoms with E-state index in [2.05, 4.69) is 21.8 Å². The second-order valence-electron chi connectivity index (χ2n) is 5.67. The second-order valence-corrected chi connectivity index (χ2v) is 5.67. The average Bonchev–Trinajstić information content (AvgIpc) is 3.03. The molecule has 1 saturated heterocycles. The van der Waals surface area contributed by atoms with Crippen molar-refractivity contribution >= 4 is 11.8 Å². The van der Waals surface area contributed by atoms with Gasteiger partial charge in [-0.2, -0.15) is 10.2 Å². The van der Waals surface area contributed by atoms with Gasteiger partial charge in [0.25, 0.3) is 0 Å². The van der Waals surface area contributed by atoms with Crippen LogP contribution >= 0.6 is 0 Å². The number of nitrogens with zero attached hydrogens (tertiary/aromatic N) is 4. The van der Waals surface area contributed by atoms with E-state index in [4.69, 9.17) is 11.0 Å². The van der Waals surface area contributed by atoms with Crippen molar-refractivity contribution < 1.29 is 4.39 Å². The lowest BCUT2D eigenvalue weighted by Crippen LogP contribution is -2.29. The second kappa shape index (κ2) is 6.21. The lowest BCUT2D eigenvalue weighted by Gasteiger charge is -2.25. The third kappa shape index (κ3) is 2.95. The number of aromatic nitrogens is 2. The third-order valence-electron chi connectivity index (χ3n) is 4.26. The first-order valence-electron chi connectivity index (χ1n) is 7.73. The van der Waals surface area contributed by atoms with E-state index in [1.54, 1.807) is 6.07 Å². The summed E-state index contributed by atoms with van der Waals surface area (Å²) < 4.78 is 13.8. The van der Waals surface area contributed by atoms with Crippen molar-refractivity contribution in [2.45, 2.75) is 32.2 Å². The average molecular weight is 311 g/mol. The van der Waals surface area contributed by atoms with Crippen LogP contribution in [-0.4, -0.2) is 22.6 Å². The van der Waals surface area contributed by atoms with Gasteiger partial charge in [-0.1, -0.05) is 13.0 Å². The van der Waals surface area contributed by atoms with Crippen LogP contribution in [0.2, 0.25) is 0 Å². The van der Waals surface area contributed by atoms with Gasteiger partial charge >= 0.3 is 0 Å². The zero-order valence-corrected chi connectivity index (χ0v) is 13.0. The van der Waals surface area contributed by atoms with E-state index >= 15 is 0 Å². The van der Waals surface area contributed by atoms with Gasteiger partial charge in [-0.3, -0.25) is 0 Å². The predicted octanol–water partition coefficient (Wildman–Crippen LogP) is 3.12. The molecule has 0 radical (unpaired) electrons. The lowest BCUT2D eigenvalue weighted by molar-refractivity contribution is 0.624. The minimum Gasteiger partial charge on any atom is -0.368 e. The molecule has 2 heterocycles. The summed E-state index contributed by atoms with van der Waals surface area (Å²) in [5, 5.41) is 8.83. The molecular weight excluding hydrogens is 293 g/mol. The molecule has 1 aliphatic rings. The van der Waals surface area contributed by atoms with Gasteiger partial charge in [-0.25, -0.2) is 9.37 Å². The Morgan fingerprint density at radius 3 is 2.91 bits per heavy atom. The molecule has 6 heteroatoms. The third-order valence-corrected chi connectivity index (χ3v) is 4.26. The van der Waals surface area contributed by atoms with Crippen molar-refractivity contribution in [1.82, 2.24) is 9.97 Å². The van der Waals surface area contributed by atoms with Gasteiger partial charge in [0.05, 0.1) is 11.3 Å². The Morgan fingerprint density at radius 2 is 2.22 bits per heavy atom. The maximum Gasteiger partial charge on any atom is 0.222 e. The van der Waals surface area contributed by atoms with E-state index in [9.17, 15) is 4.39 Å². The van der Waals surface area contributed by atoms with Crippen LogP contribution in [-0.2, 0) is 0 Å². The Bertz CT molecular complexity index is 768. The highest BCUT2D eigenvalue weighted by Gasteiger charge is 2.25. The number of benzene rings is 1. The first kappa shape index (κ1) is 15.2. The van der Waals surface area contributed by atoms with Crippen LogP contribution < -0.4 is 10.6 Å². The molecular formula is C17H18FN5. The quantitative estimate of drug-likeness (QED) is 0.942. The molecule has 23 heavy (non-hydrogen) atoms. The molecule has 0 aliphatic carbocycles. The van der Waals surface area contributed by atoms with Crippen molar-refractivity contribution in [2.75, 3.05) is 17.2 Å². The molecule has 2 aromatic rings. The molecule has 0 amide bonds. The number of hydrogen-bond acceptors (Lipinski definition) is 5. The lowest BCUT2D eigenvalue weighted by atomic mass is 10.1. The Kier molecular flexibility index (Phi) is 4.11. The van der Waals surface area contributed by atoms with E-state index in [1.165, 1.54) is 12.1 Å². The van der Waals surface area contributed by atoms with Gasteiger partial charge < -0.3 is 10.6 Å². The summed E-state index contributed by atoms with van der Waals surface area (Å²) in [6.45, 7) is 3.10. The summed E-state index contributed by atoms with van der Waals surface area (Å²) in [7, 11) is 0. The highest BCUT2D eigenvalue weighted by atomic mass is 19.1. The number of nitriles is 1. The minimum absolute atomic E-state index is 0.0154. The van der Waals surface area contributed by atoms with E-state index in [-0.39, 0.29) is 11.5 Å². The molecule has 1 aromatic carbocycles. The number of rotatable bonds is 3. The fourth-order valence-corrected chi connectivity index (χ4v) is 3.07. The molecule has 1 atom stereocenters. The summed E-state index contributed by atoms with van der Waals surface area (Å²) in [5.41, 5.74) is 7.02. The Balaban J connectivity index is 2.01. The van der Waals surface area contributed by atoms with Gasteiger partial charge in [0.2, 0.25) is 5.95 Å². The highest BCUT2D eigenvalue weighted by Crippen LogP contribution is 2.29. The van der Waals surface area contributed by atoms with Crippen LogP contribution in [0.1, 0.15) is 31.7 Å². The standard InChI is InChI=1S/C17H18FN5/c1-2-13-4-3-7-23(13)16-9-15(21-17(20)22-16)11-5-6-12(10-19)14(18)8-11/h5-6,8-9,13H,2-4,7H2,1H3,(H2,20,21,22). The number of nitrogen functional groups attached to an aromatic ring is 1. The van der Waals surface area contributed by atoms with Gasteiger partial charge in [0.15, 0.2) is 0 Å². The van der Waals surface area contributed by atoms with Gasteiger partial charge in [-0.15, -0.1) is 0 Å². The summed E-state index contributed by atoms with van der Waals surface area (Å²) >= 11 is 0. The number of halogens is 1. The fraction of sp³-hybridized carbons (Fsp3) is 0.353. The zero-order chi connectivity index (χ0) is 16.4. The van der Waals surface area contributed by atoms with E-state index < -0.39 is 5.82 Å². The molecule has 1 fully saturated rings. The minimum atomic E-state index is -0.559. The summed E-state index contributed by atoms with van der Waals surface area (Å²) in [6, 6.07) is 8.54. The molecule has 0 spiro atoms. The highest BCUT2D eigenvalue weighted by molar-refractivity contribution is 5.65. The Hall–Kier alpha value is -2.68. The fourth-order valence-electron chi connectivity index (χ4n) is 3.07. The largest absolute Gasteiger partial charge is 0.368 e. The Morgan fingerprint density at radius 1 is 1.39 bits per heavy atom. The molecule has 0 saturated carbocycles.